The van der Waals surface area contributed by atoms with Crippen LogP contribution >= 0.6 is 0 Å². The highest BCUT2D eigenvalue weighted by molar-refractivity contribution is 5.96. The quantitative estimate of drug-likeness (QED) is 0.663. The minimum absolute atomic E-state index is 0.0432. The summed E-state index contributed by atoms with van der Waals surface area (Å²) in [6.45, 7) is 1.54. The second kappa shape index (κ2) is 6.50. The van der Waals surface area contributed by atoms with Gasteiger partial charge in [0.15, 0.2) is 5.78 Å². The summed E-state index contributed by atoms with van der Waals surface area (Å²) in [6, 6.07) is 7.10. The average Bonchev–Trinajstić information content (AvgIpc) is 2.68. The summed E-state index contributed by atoms with van der Waals surface area (Å²) in [5, 5.41) is 2.96. The first-order chi connectivity index (χ1) is 9.16. The molecule has 3 heteroatoms. The predicted octanol–water partition coefficient (Wildman–Crippen LogP) is 3.80. The van der Waals surface area contributed by atoms with Crippen LogP contribution < -0.4 is 5.32 Å². The van der Waals surface area contributed by atoms with Crippen molar-refractivity contribution in [2.24, 2.45) is 5.92 Å². The number of nitrogens with one attached hydrogen (secondary N) is 1. The van der Waals surface area contributed by atoms with E-state index in [1.807, 2.05) is 0 Å². The predicted molar refractivity (Wildman–Crippen MR) is 76.3 cm³/mol. The van der Waals surface area contributed by atoms with E-state index in [0.717, 1.165) is 31.4 Å². The third kappa shape index (κ3) is 3.91. The molecule has 1 aliphatic rings. The van der Waals surface area contributed by atoms with Crippen LogP contribution in [0.3, 0.4) is 0 Å². The smallest absolute Gasteiger partial charge is 0.227 e. The molecular weight excluding hydrogens is 238 g/mol. The van der Waals surface area contributed by atoms with Crippen molar-refractivity contribution in [2.75, 3.05) is 5.32 Å². The molecule has 1 saturated carbocycles. The molecule has 0 spiro atoms. The van der Waals surface area contributed by atoms with Crippen LogP contribution in [0, 0.1) is 5.92 Å². The van der Waals surface area contributed by atoms with Crippen LogP contribution in [-0.2, 0) is 4.79 Å². The zero-order valence-corrected chi connectivity index (χ0v) is 11.4. The van der Waals surface area contributed by atoms with Gasteiger partial charge in [-0.3, -0.25) is 9.59 Å². The molecule has 0 unspecified atom stereocenters. The molecule has 1 aromatic rings. The van der Waals surface area contributed by atoms with Crippen LogP contribution in [0.15, 0.2) is 24.3 Å². The summed E-state index contributed by atoms with van der Waals surface area (Å²) in [5.41, 5.74) is 1.45. The Morgan fingerprint density at radius 3 is 2.11 bits per heavy atom. The van der Waals surface area contributed by atoms with Crippen molar-refractivity contribution in [3.05, 3.63) is 29.8 Å². The Balaban J connectivity index is 1.95. The maximum absolute atomic E-state index is 12.2. The molecule has 0 saturated heterocycles. The summed E-state index contributed by atoms with van der Waals surface area (Å²) < 4.78 is 0. The van der Waals surface area contributed by atoms with Gasteiger partial charge in [0.05, 0.1) is 0 Å². The molecule has 1 aromatic carbocycles. The molecule has 3 nitrogen and oxygen atoms in total. The number of anilines is 1. The zero-order chi connectivity index (χ0) is 13.7. The number of benzene rings is 1. The molecule has 0 atom stereocenters. The molecule has 19 heavy (non-hydrogen) atoms. The first-order valence-corrected chi connectivity index (χ1v) is 7.08. The number of hydrogen-bond donors (Lipinski definition) is 1. The first kappa shape index (κ1) is 13.8. The van der Waals surface area contributed by atoms with E-state index in [4.69, 9.17) is 0 Å². The van der Waals surface area contributed by atoms with Crippen LogP contribution in [0.1, 0.15) is 55.8 Å². The number of amides is 1. The molecule has 0 aliphatic heterocycles. The summed E-state index contributed by atoms with van der Waals surface area (Å²) in [6.07, 6.45) is 6.80. The van der Waals surface area contributed by atoms with Gasteiger partial charge in [0.1, 0.15) is 0 Å². The minimum Gasteiger partial charge on any atom is -0.326 e. The fraction of sp³-hybridized carbons (Fsp3) is 0.500. The normalized spacial score (nSPS) is 16.7. The standard InChI is InChI=1S/C16H21NO2/c1-12(18)13-8-10-15(11-9-13)17-16(19)14-6-4-2-3-5-7-14/h8-11,14H,2-7H2,1H3,(H,17,19). The Labute approximate surface area is 114 Å². The van der Waals surface area contributed by atoms with Crippen LogP contribution in [0.4, 0.5) is 5.69 Å². The van der Waals surface area contributed by atoms with Gasteiger partial charge in [-0.25, -0.2) is 0 Å². The van der Waals surface area contributed by atoms with E-state index < -0.39 is 0 Å². The lowest BCUT2D eigenvalue weighted by atomic mass is 9.99. The first-order valence-electron chi connectivity index (χ1n) is 7.08. The van der Waals surface area contributed by atoms with E-state index in [9.17, 15) is 9.59 Å². The Kier molecular flexibility index (Phi) is 4.72. The SMILES string of the molecule is CC(=O)c1ccc(NC(=O)C2CCCCCC2)cc1. The minimum atomic E-state index is 0.0432. The van der Waals surface area contributed by atoms with E-state index in [2.05, 4.69) is 5.32 Å². The van der Waals surface area contributed by atoms with Crippen molar-refractivity contribution >= 4 is 17.4 Å². The molecule has 0 heterocycles. The zero-order valence-electron chi connectivity index (χ0n) is 11.4. The molecule has 2 rings (SSSR count). The number of hydrogen-bond acceptors (Lipinski definition) is 2. The average molecular weight is 259 g/mol. The Morgan fingerprint density at radius 2 is 1.58 bits per heavy atom. The summed E-state index contributed by atoms with van der Waals surface area (Å²) in [7, 11) is 0. The monoisotopic (exact) mass is 259 g/mol. The topological polar surface area (TPSA) is 46.2 Å². The molecule has 102 valence electrons. The lowest BCUT2D eigenvalue weighted by molar-refractivity contribution is -0.120. The molecule has 1 amide bonds. The number of Topliss-reactive ketones (excluding diaryl/α,β-unsaturated/α-hetero) is 1. The fourth-order valence-corrected chi connectivity index (χ4v) is 2.57. The second-order valence-corrected chi connectivity index (χ2v) is 5.31. The molecule has 0 aromatic heterocycles. The Hall–Kier alpha value is -1.64. The van der Waals surface area contributed by atoms with E-state index in [1.165, 1.54) is 12.8 Å². The fourth-order valence-electron chi connectivity index (χ4n) is 2.57. The maximum Gasteiger partial charge on any atom is 0.227 e. The number of ketones is 1. The van der Waals surface area contributed by atoms with Gasteiger partial charge >= 0.3 is 0 Å². The molecular formula is C16H21NO2. The maximum atomic E-state index is 12.2. The van der Waals surface area contributed by atoms with Gasteiger partial charge in [-0.15, -0.1) is 0 Å². The van der Waals surface area contributed by atoms with Crippen LogP contribution in [0.25, 0.3) is 0 Å². The van der Waals surface area contributed by atoms with Crippen molar-refractivity contribution in [1.29, 1.82) is 0 Å². The van der Waals surface area contributed by atoms with E-state index in [0.29, 0.717) is 5.56 Å². The highest BCUT2D eigenvalue weighted by atomic mass is 16.2. The molecule has 1 aliphatic carbocycles. The van der Waals surface area contributed by atoms with Gasteiger partial charge in [-0.2, -0.15) is 0 Å². The van der Waals surface area contributed by atoms with Gasteiger partial charge in [0.2, 0.25) is 5.91 Å². The van der Waals surface area contributed by atoms with Crippen LogP contribution in [0.2, 0.25) is 0 Å². The van der Waals surface area contributed by atoms with Crippen molar-refractivity contribution in [3.63, 3.8) is 0 Å². The molecule has 0 bridgehead atoms. The number of carbonyl (C=O) groups excluding carboxylic acids is 2. The van der Waals surface area contributed by atoms with E-state index in [1.54, 1.807) is 31.2 Å². The third-order valence-electron chi connectivity index (χ3n) is 3.78. The third-order valence-corrected chi connectivity index (χ3v) is 3.78. The molecule has 1 fully saturated rings. The van der Waals surface area contributed by atoms with Gasteiger partial charge < -0.3 is 5.32 Å². The highest BCUT2D eigenvalue weighted by Crippen LogP contribution is 2.24. The number of carbonyl (C=O) groups is 2. The van der Waals surface area contributed by atoms with Gasteiger partial charge in [0, 0.05) is 17.2 Å². The summed E-state index contributed by atoms with van der Waals surface area (Å²) >= 11 is 0. The Morgan fingerprint density at radius 1 is 1.00 bits per heavy atom. The van der Waals surface area contributed by atoms with Crippen LogP contribution in [0.5, 0.6) is 0 Å². The van der Waals surface area contributed by atoms with Crippen molar-refractivity contribution < 1.29 is 9.59 Å². The van der Waals surface area contributed by atoms with Gasteiger partial charge in [-0.05, 0) is 44.0 Å². The lowest BCUT2D eigenvalue weighted by Crippen LogP contribution is -2.22. The highest BCUT2D eigenvalue weighted by Gasteiger charge is 2.19. The van der Waals surface area contributed by atoms with Crippen LogP contribution in [-0.4, -0.2) is 11.7 Å². The second-order valence-electron chi connectivity index (χ2n) is 5.31. The summed E-state index contributed by atoms with van der Waals surface area (Å²) in [4.78, 5) is 23.3. The van der Waals surface area contributed by atoms with E-state index in [-0.39, 0.29) is 17.6 Å². The Bertz CT molecular complexity index is 442. The summed E-state index contributed by atoms with van der Waals surface area (Å²) in [5.74, 6) is 0.314. The molecule has 1 N–H and O–H groups in total. The van der Waals surface area contributed by atoms with Crippen molar-refractivity contribution in [1.82, 2.24) is 0 Å². The largest absolute Gasteiger partial charge is 0.326 e. The lowest BCUT2D eigenvalue weighted by Gasteiger charge is -2.14. The van der Waals surface area contributed by atoms with Crippen molar-refractivity contribution in [3.8, 4) is 0 Å². The number of rotatable bonds is 3. The van der Waals surface area contributed by atoms with Gasteiger partial charge in [-0.1, -0.05) is 25.7 Å². The van der Waals surface area contributed by atoms with E-state index >= 15 is 0 Å². The molecule has 0 radical (unpaired) electrons. The van der Waals surface area contributed by atoms with Crippen molar-refractivity contribution in [2.45, 2.75) is 45.4 Å². The van der Waals surface area contributed by atoms with Gasteiger partial charge in [0.25, 0.3) is 0 Å².